The number of allylic oxidation sites excluding steroid dienone is 1. The van der Waals surface area contributed by atoms with Crippen molar-refractivity contribution in [2.24, 2.45) is 0 Å². The van der Waals surface area contributed by atoms with Crippen LogP contribution in [0.25, 0.3) is 16.8 Å². The Morgan fingerprint density at radius 2 is 1.80 bits per heavy atom. The van der Waals surface area contributed by atoms with E-state index in [1.54, 1.807) is 0 Å². The Hall–Kier alpha value is -1.89. The van der Waals surface area contributed by atoms with Crippen molar-refractivity contribution in [3.05, 3.63) is 60.8 Å². The summed E-state index contributed by atoms with van der Waals surface area (Å²) in [5.41, 5.74) is 4.41. The standard InChI is InChI=1S/C14H13N/c1-11(2)12-6-8-13(9-7-12)14-5-3-4-10-15-14/h3-10H,1H2,2H3. The predicted octanol–water partition coefficient (Wildman–Crippen LogP) is 3.78. The van der Waals surface area contributed by atoms with E-state index in [1.165, 1.54) is 5.56 Å². The molecule has 74 valence electrons. The van der Waals surface area contributed by atoms with E-state index in [-0.39, 0.29) is 0 Å². The van der Waals surface area contributed by atoms with Crippen LogP contribution in [0.1, 0.15) is 12.5 Å². The van der Waals surface area contributed by atoms with E-state index >= 15 is 0 Å². The van der Waals surface area contributed by atoms with Crippen LogP contribution < -0.4 is 0 Å². The van der Waals surface area contributed by atoms with Crippen molar-refractivity contribution in [2.45, 2.75) is 6.92 Å². The SMILES string of the molecule is C=C(C)c1ccc(-c2ccccn2)cc1. The van der Waals surface area contributed by atoms with E-state index < -0.39 is 0 Å². The number of hydrogen-bond acceptors (Lipinski definition) is 1. The molecule has 1 aromatic carbocycles. The van der Waals surface area contributed by atoms with Crippen molar-refractivity contribution in [2.75, 3.05) is 0 Å². The van der Waals surface area contributed by atoms with E-state index in [4.69, 9.17) is 0 Å². The molecule has 2 aromatic rings. The highest BCUT2D eigenvalue weighted by Crippen LogP contribution is 2.19. The number of benzene rings is 1. The zero-order valence-electron chi connectivity index (χ0n) is 8.77. The Bertz CT molecular complexity index is 454. The number of pyridine rings is 1. The fourth-order valence-electron chi connectivity index (χ4n) is 1.46. The average Bonchev–Trinajstić information content (AvgIpc) is 2.30. The molecule has 0 spiro atoms. The summed E-state index contributed by atoms with van der Waals surface area (Å²) in [4.78, 5) is 4.30. The molecule has 0 saturated heterocycles. The van der Waals surface area contributed by atoms with Crippen molar-refractivity contribution in [1.29, 1.82) is 0 Å². The van der Waals surface area contributed by atoms with Gasteiger partial charge in [-0.05, 0) is 24.6 Å². The van der Waals surface area contributed by atoms with Crippen LogP contribution in [0.2, 0.25) is 0 Å². The van der Waals surface area contributed by atoms with Crippen LogP contribution in [-0.4, -0.2) is 4.98 Å². The zero-order chi connectivity index (χ0) is 10.7. The van der Waals surface area contributed by atoms with Crippen LogP contribution in [0.3, 0.4) is 0 Å². The van der Waals surface area contributed by atoms with Gasteiger partial charge < -0.3 is 0 Å². The van der Waals surface area contributed by atoms with Crippen molar-refractivity contribution < 1.29 is 0 Å². The van der Waals surface area contributed by atoms with Gasteiger partial charge in [-0.3, -0.25) is 4.98 Å². The topological polar surface area (TPSA) is 12.9 Å². The molecule has 1 nitrogen and oxygen atoms in total. The summed E-state index contributed by atoms with van der Waals surface area (Å²) in [6.07, 6.45) is 1.81. The van der Waals surface area contributed by atoms with E-state index in [2.05, 4.69) is 35.8 Å². The highest BCUT2D eigenvalue weighted by atomic mass is 14.7. The molecule has 0 radical (unpaired) electrons. The van der Waals surface area contributed by atoms with Gasteiger partial charge in [-0.25, -0.2) is 0 Å². The summed E-state index contributed by atoms with van der Waals surface area (Å²) in [7, 11) is 0. The lowest BCUT2D eigenvalue weighted by Crippen LogP contribution is -1.83. The molecule has 0 N–H and O–H groups in total. The molecule has 1 aromatic heterocycles. The van der Waals surface area contributed by atoms with Crippen LogP contribution in [-0.2, 0) is 0 Å². The minimum Gasteiger partial charge on any atom is -0.256 e. The van der Waals surface area contributed by atoms with Gasteiger partial charge in [0.25, 0.3) is 0 Å². The predicted molar refractivity (Wildman–Crippen MR) is 64.4 cm³/mol. The fraction of sp³-hybridized carbons (Fsp3) is 0.0714. The number of hydrogen-bond donors (Lipinski definition) is 0. The highest BCUT2D eigenvalue weighted by Gasteiger charge is 1.98. The number of aromatic nitrogens is 1. The summed E-state index contributed by atoms with van der Waals surface area (Å²) in [5.74, 6) is 0. The van der Waals surface area contributed by atoms with Crippen LogP contribution >= 0.6 is 0 Å². The summed E-state index contributed by atoms with van der Waals surface area (Å²) in [5, 5.41) is 0. The molecule has 0 aliphatic rings. The van der Waals surface area contributed by atoms with Crippen LogP contribution in [0.4, 0.5) is 0 Å². The first-order valence-electron chi connectivity index (χ1n) is 4.95. The summed E-state index contributed by atoms with van der Waals surface area (Å²) in [6.45, 7) is 5.92. The minimum absolute atomic E-state index is 1.01. The number of rotatable bonds is 2. The quantitative estimate of drug-likeness (QED) is 0.710. The molecule has 2 rings (SSSR count). The number of nitrogens with zero attached hydrogens (tertiary/aromatic N) is 1. The molecule has 0 fully saturated rings. The molecule has 0 bridgehead atoms. The van der Waals surface area contributed by atoms with Crippen molar-refractivity contribution in [1.82, 2.24) is 4.98 Å². The molecule has 0 unspecified atom stereocenters. The van der Waals surface area contributed by atoms with Crippen LogP contribution in [0.5, 0.6) is 0 Å². The van der Waals surface area contributed by atoms with Gasteiger partial charge in [0, 0.05) is 11.8 Å². The normalized spacial score (nSPS) is 9.93. The van der Waals surface area contributed by atoms with Gasteiger partial charge in [-0.2, -0.15) is 0 Å². The van der Waals surface area contributed by atoms with E-state index in [0.29, 0.717) is 0 Å². The lowest BCUT2D eigenvalue weighted by Gasteiger charge is -2.02. The Kier molecular flexibility index (Phi) is 2.64. The minimum atomic E-state index is 1.01. The monoisotopic (exact) mass is 195 g/mol. The van der Waals surface area contributed by atoms with Crippen molar-refractivity contribution in [3.63, 3.8) is 0 Å². The molecule has 15 heavy (non-hydrogen) atoms. The molecule has 1 heterocycles. The first kappa shape index (κ1) is 9.66. The third-order valence-corrected chi connectivity index (χ3v) is 2.34. The van der Waals surface area contributed by atoms with E-state index in [9.17, 15) is 0 Å². The van der Waals surface area contributed by atoms with Gasteiger partial charge in [0.2, 0.25) is 0 Å². The second kappa shape index (κ2) is 4.09. The summed E-state index contributed by atoms with van der Waals surface area (Å²) < 4.78 is 0. The largest absolute Gasteiger partial charge is 0.256 e. The average molecular weight is 195 g/mol. The first-order chi connectivity index (χ1) is 7.27. The van der Waals surface area contributed by atoms with Crippen LogP contribution in [0.15, 0.2) is 55.2 Å². The smallest absolute Gasteiger partial charge is 0.0701 e. The highest BCUT2D eigenvalue weighted by molar-refractivity contribution is 5.66. The van der Waals surface area contributed by atoms with Crippen LogP contribution in [0, 0.1) is 0 Å². The Labute approximate surface area is 90.1 Å². The zero-order valence-corrected chi connectivity index (χ0v) is 8.77. The van der Waals surface area contributed by atoms with Gasteiger partial charge >= 0.3 is 0 Å². The molecular weight excluding hydrogens is 182 g/mol. The van der Waals surface area contributed by atoms with Crippen molar-refractivity contribution in [3.8, 4) is 11.3 Å². The maximum absolute atomic E-state index is 4.30. The first-order valence-corrected chi connectivity index (χ1v) is 4.95. The molecule has 0 saturated carbocycles. The molecular formula is C14H13N. The molecule has 0 atom stereocenters. The Morgan fingerprint density at radius 3 is 2.33 bits per heavy atom. The summed E-state index contributed by atoms with van der Waals surface area (Å²) in [6, 6.07) is 14.2. The van der Waals surface area contributed by atoms with Gasteiger partial charge in [0.15, 0.2) is 0 Å². The maximum atomic E-state index is 4.30. The second-order valence-corrected chi connectivity index (χ2v) is 3.57. The molecule has 1 heteroatoms. The fourth-order valence-corrected chi connectivity index (χ4v) is 1.46. The van der Waals surface area contributed by atoms with Gasteiger partial charge in [-0.1, -0.05) is 42.5 Å². The third-order valence-electron chi connectivity index (χ3n) is 2.34. The Morgan fingerprint density at radius 1 is 1.07 bits per heavy atom. The molecule has 0 aliphatic heterocycles. The summed E-state index contributed by atoms with van der Waals surface area (Å²) >= 11 is 0. The maximum Gasteiger partial charge on any atom is 0.0701 e. The third kappa shape index (κ3) is 2.13. The molecule has 0 aliphatic carbocycles. The van der Waals surface area contributed by atoms with Gasteiger partial charge in [-0.15, -0.1) is 0 Å². The molecule has 0 amide bonds. The van der Waals surface area contributed by atoms with E-state index in [0.717, 1.165) is 16.8 Å². The lowest BCUT2D eigenvalue weighted by atomic mass is 10.0. The Balaban J connectivity index is 2.36. The van der Waals surface area contributed by atoms with Gasteiger partial charge in [0.05, 0.1) is 5.69 Å². The lowest BCUT2D eigenvalue weighted by molar-refractivity contribution is 1.32. The second-order valence-electron chi connectivity index (χ2n) is 3.57. The van der Waals surface area contributed by atoms with E-state index in [1.807, 2.05) is 31.3 Å². The van der Waals surface area contributed by atoms with Crippen molar-refractivity contribution >= 4 is 5.57 Å². The van der Waals surface area contributed by atoms with Gasteiger partial charge in [0.1, 0.15) is 0 Å².